The number of morpholine rings is 1. The minimum Gasteiger partial charge on any atom is -0.469 e. The molecule has 1 amide bonds. The molecule has 0 aromatic carbocycles. The zero-order valence-electron chi connectivity index (χ0n) is 11.2. The highest BCUT2D eigenvalue weighted by Crippen LogP contribution is 2.26. The minimum atomic E-state index is -0.0869. The van der Waals surface area contributed by atoms with Gasteiger partial charge in [0.05, 0.1) is 42.6 Å². The summed E-state index contributed by atoms with van der Waals surface area (Å²) in [6.07, 6.45) is 1.87. The third-order valence-corrected chi connectivity index (χ3v) is 4.12. The molecular weight excluding hydrogens is 276 g/mol. The quantitative estimate of drug-likeness (QED) is 0.870. The molecule has 0 spiro atoms. The van der Waals surface area contributed by atoms with Crippen LogP contribution in [0.4, 0.5) is 0 Å². The Morgan fingerprint density at radius 2 is 2.50 bits per heavy atom. The van der Waals surface area contributed by atoms with Crippen molar-refractivity contribution >= 4 is 17.2 Å². The summed E-state index contributed by atoms with van der Waals surface area (Å²) in [4.78, 5) is 18.8. The Kier molecular flexibility index (Phi) is 3.84. The van der Waals surface area contributed by atoms with E-state index < -0.39 is 0 Å². The predicted molar refractivity (Wildman–Crippen MR) is 74.5 cm³/mol. The van der Waals surface area contributed by atoms with Crippen LogP contribution in [0.15, 0.2) is 28.2 Å². The predicted octanol–water partition coefficient (Wildman–Crippen LogP) is 2.19. The van der Waals surface area contributed by atoms with Gasteiger partial charge in [-0.3, -0.25) is 4.79 Å². The van der Waals surface area contributed by atoms with Gasteiger partial charge in [0.15, 0.2) is 0 Å². The summed E-state index contributed by atoms with van der Waals surface area (Å²) in [5.74, 6) is 0.744. The molecule has 0 radical (unpaired) electrons. The first-order valence-corrected chi connectivity index (χ1v) is 7.43. The number of rotatable bonds is 3. The molecule has 0 unspecified atom stereocenters. The number of hydrogen-bond acceptors (Lipinski definition) is 5. The fraction of sp³-hybridized carbons (Fsp3) is 0.429. The topological polar surface area (TPSA) is 55.6 Å². The van der Waals surface area contributed by atoms with E-state index in [1.165, 1.54) is 0 Å². The van der Waals surface area contributed by atoms with Gasteiger partial charge in [-0.25, -0.2) is 4.98 Å². The first-order chi connectivity index (χ1) is 9.74. The zero-order chi connectivity index (χ0) is 13.9. The monoisotopic (exact) mass is 292 g/mol. The van der Waals surface area contributed by atoms with Crippen LogP contribution < -0.4 is 0 Å². The third kappa shape index (κ3) is 2.76. The molecule has 0 saturated carbocycles. The summed E-state index contributed by atoms with van der Waals surface area (Å²) < 4.78 is 10.8. The molecule has 2 aromatic rings. The normalized spacial score (nSPS) is 19.2. The van der Waals surface area contributed by atoms with E-state index in [0.717, 1.165) is 10.7 Å². The van der Waals surface area contributed by atoms with Crippen molar-refractivity contribution in [3.05, 3.63) is 40.2 Å². The van der Waals surface area contributed by atoms with Crippen molar-refractivity contribution < 1.29 is 13.9 Å². The van der Waals surface area contributed by atoms with Gasteiger partial charge in [0.2, 0.25) is 5.91 Å². The molecule has 20 heavy (non-hydrogen) atoms. The van der Waals surface area contributed by atoms with E-state index in [1.807, 2.05) is 23.3 Å². The maximum Gasteiger partial charge on any atom is 0.230 e. The summed E-state index contributed by atoms with van der Waals surface area (Å²) in [6.45, 7) is 3.64. The third-order valence-electron chi connectivity index (χ3n) is 3.33. The molecule has 0 bridgehead atoms. The van der Waals surface area contributed by atoms with Gasteiger partial charge in [-0.15, -0.1) is 11.3 Å². The Balaban J connectivity index is 1.76. The molecule has 1 saturated heterocycles. The fourth-order valence-electron chi connectivity index (χ4n) is 2.34. The fourth-order valence-corrected chi connectivity index (χ4v) is 3.00. The Hall–Kier alpha value is -1.66. The van der Waals surface area contributed by atoms with Crippen LogP contribution in [-0.2, 0) is 16.0 Å². The van der Waals surface area contributed by atoms with E-state index >= 15 is 0 Å². The number of carbonyl (C=O) groups excluding carboxylic acids is 1. The van der Waals surface area contributed by atoms with Crippen LogP contribution in [0.25, 0.3) is 0 Å². The van der Waals surface area contributed by atoms with E-state index in [9.17, 15) is 4.79 Å². The lowest BCUT2D eigenvalue weighted by atomic mass is 10.1. The average Bonchev–Trinajstić information content (AvgIpc) is 3.10. The van der Waals surface area contributed by atoms with Crippen LogP contribution in [0, 0.1) is 6.92 Å². The molecular formula is C14H16N2O3S. The van der Waals surface area contributed by atoms with Gasteiger partial charge in [0, 0.05) is 11.9 Å². The molecule has 1 aliphatic rings. The molecule has 0 aliphatic carbocycles. The molecule has 1 fully saturated rings. The van der Waals surface area contributed by atoms with E-state index in [-0.39, 0.29) is 18.4 Å². The van der Waals surface area contributed by atoms with Crippen molar-refractivity contribution in [2.45, 2.75) is 19.4 Å². The van der Waals surface area contributed by atoms with E-state index in [4.69, 9.17) is 9.15 Å². The number of furan rings is 1. The van der Waals surface area contributed by atoms with Gasteiger partial charge >= 0.3 is 0 Å². The van der Waals surface area contributed by atoms with Gasteiger partial charge in [0.1, 0.15) is 5.76 Å². The molecule has 106 valence electrons. The van der Waals surface area contributed by atoms with Crippen molar-refractivity contribution in [1.29, 1.82) is 0 Å². The van der Waals surface area contributed by atoms with Gasteiger partial charge < -0.3 is 14.1 Å². The number of aryl methyl sites for hydroxylation is 1. The molecule has 3 heterocycles. The molecule has 0 N–H and O–H groups in total. The van der Waals surface area contributed by atoms with E-state index in [0.29, 0.717) is 25.5 Å². The van der Waals surface area contributed by atoms with Gasteiger partial charge in [-0.2, -0.15) is 0 Å². The van der Waals surface area contributed by atoms with Crippen LogP contribution in [0.2, 0.25) is 0 Å². The maximum absolute atomic E-state index is 12.4. The van der Waals surface area contributed by atoms with Gasteiger partial charge in [-0.1, -0.05) is 0 Å². The van der Waals surface area contributed by atoms with Crippen molar-refractivity contribution in [2.75, 3.05) is 19.8 Å². The summed E-state index contributed by atoms with van der Waals surface area (Å²) in [7, 11) is 0. The summed E-state index contributed by atoms with van der Waals surface area (Å²) >= 11 is 1.59. The molecule has 2 aromatic heterocycles. The van der Waals surface area contributed by atoms with Crippen LogP contribution in [0.1, 0.15) is 22.5 Å². The molecule has 5 nitrogen and oxygen atoms in total. The van der Waals surface area contributed by atoms with Crippen molar-refractivity contribution in [3.63, 3.8) is 0 Å². The Morgan fingerprint density at radius 1 is 1.60 bits per heavy atom. The SMILES string of the molecule is Cc1nc([C@H]2COCCN2C(=O)Cc2ccco2)cs1. The largest absolute Gasteiger partial charge is 0.469 e. The lowest BCUT2D eigenvalue weighted by Gasteiger charge is -2.34. The van der Waals surface area contributed by atoms with Crippen LogP contribution in [0.5, 0.6) is 0 Å². The van der Waals surface area contributed by atoms with Gasteiger partial charge in [-0.05, 0) is 19.1 Å². The Bertz CT molecular complexity index is 579. The highest BCUT2D eigenvalue weighted by Gasteiger charge is 2.30. The Morgan fingerprint density at radius 3 is 3.20 bits per heavy atom. The maximum atomic E-state index is 12.4. The summed E-state index contributed by atoms with van der Waals surface area (Å²) in [6, 6.07) is 3.53. The zero-order valence-corrected chi connectivity index (χ0v) is 12.1. The summed E-state index contributed by atoms with van der Waals surface area (Å²) in [5, 5.41) is 3.01. The lowest BCUT2D eigenvalue weighted by Crippen LogP contribution is -2.44. The molecule has 3 rings (SSSR count). The van der Waals surface area contributed by atoms with Crippen LogP contribution in [0.3, 0.4) is 0 Å². The highest BCUT2D eigenvalue weighted by atomic mass is 32.1. The minimum absolute atomic E-state index is 0.0545. The molecule has 6 heteroatoms. The average molecular weight is 292 g/mol. The summed E-state index contributed by atoms with van der Waals surface area (Å²) in [5.41, 5.74) is 0.917. The highest BCUT2D eigenvalue weighted by molar-refractivity contribution is 7.09. The van der Waals surface area contributed by atoms with E-state index in [2.05, 4.69) is 4.98 Å². The number of carbonyl (C=O) groups is 1. The van der Waals surface area contributed by atoms with Crippen molar-refractivity contribution in [2.24, 2.45) is 0 Å². The van der Waals surface area contributed by atoms with Crippen molar-refractivity contribution in [1.82, 2.24) is 9.88 Å². The number of amides is 1. The number of nitrogens with zero attached hydrogens (tertiary/aromatic N) is 2. The second kappa shape index (κ2) is 5.76. The standard InChI is InChI=1S/C14H16N2O3S/c1-10-15-12(9-20-10)13-8-18-6-4-16(13)14(17)7-11-3-2-5-19-11/h2-3,5,9,13H,4,6-8H2,1H3/t13-/m1/s1. The number of thiazole rings is 1. The first kappa shape index (κ1) is 13.3. The van der Waals surface area contributed by atoms with Gasteiger partial charge in [0.25, 0.3) is 0 Å². The second-order valence-electron chi connectivity index (χ2n) is 4.73. The van der Waals surface area contributed by atoms with Crippen LogP contribution in [-0.4, -0.2) is 35.5 Å². The smallest absolute Gasteiger partial charge is 0.230 e. The molecule has 1 aliphatic heterocycles. The lowest BCUT2D eigenvalue weighted by molar-refractivity contribution is -0.139. The Labute approximate surface area is 121 Å². The number of ether oxygens (including phenoxy) is 1. The van der Waals surface area contributed by atoms with Crippen LogP contribution >= 0.6 is 11.3 Å². The first-order valence-electron chi connectivity index (χ1n) is 6.55. The molecule has 1 atom stereocenters. The number of aromatic nitrogens is 1. The van der Waals surface area contributed by atoms with Crippen molar-refractivity contribution in [3.8, 4) is 0 Å². The van der Waals surface area contributed by atoms with E-state index in [1.54, 1.807) is 23.7 Å². The second-order valence-corrected chi connectivity index (χ2v) is 5.79. The number of hydrogen-bond donors (Lipinski definition) is 0.